The number of benzene rings is 1. The van der Waals surface area contributed by atoms with Crippen molar-refractivity contribution in [2.24, 2.45) is 0 Å². The summed E-state index contributed by atoms with van der Waals surface area (Å²) in [6, 6.07) is 4.43. The van der Waals surface area contributed by atoms with Crippen molar-refractivity contribution in [2.45, 2.75) is 27.7 Å². The molecule has 0 amide bonds. The fourth-order valence-corrected chi connectivity index (χ4v) is 4.03. The molecule has 166 valence electrons. The van der Waals surface area contributed by atoms with Crippen LogP contribution in [0.15, 0.2) is 18.2 Å². The van der Waals surface area contributed by atoms with Gasteiger partial charge in [-0.25, -0.2) is 14.4 Å². The quantitative estimate of drug-likeness (QED) is 0.352. The van der Waals surface area contributed by atoms with Crippen LogP contribution in [-0.2, 0) is 14.2 Å². The van der Waals surface area contributed by atoms with Crippen molar-refractivity contribution in [3.05, 3.63) is 45.3 Å². The van der Waals surface area contributed by atoms with Crippen LogP contribution in [0.3, 0.4) is 0 Å². The molecule has 0 radical (unpaired) electrons. The Morgan fingerprint density at radius 1 is 0.935 bits per heavy atom. The third-order valence-electron chi connectivity index (χ3n) is 4.22. The van der Waals surface area contributed by atoms with E-state index in [-0.39, 0.29) is 29.5 Å². The standard InChI is InChI=1S/C21H24N2O6S2/c1-6-28-18(24)13-8-14(19(25)29-7-2)10-15(9-13)22-21(30)23-17-16(20(26)27-5)11(3)12(4)31-17/h8-10H,6-7H2,1-5H3,(H2,22,23,30). The number of thiophene rings is 1. The Hall–Kier alpha value is -2.98. The number of thiocarbonyl (C=S) groups is 1. The zero-order chi connectivity index (χ0) is 23.1. The van der Waals surface area contributed by atoms with E-state index in [1.54, 1.807) is 13.8 Å². The first-order chi connectivity index (χ1) is 14.7. The van der Waals surface area contributed by atoms with Crippen LogP contribution in [-0.4, -0.2) is 43.3 Å². The van der Waals surface area contributed by atoms with E-state index in [1.807, 2.05) is 13.8 Å². The molecular formula is C21H24N2O6S2. The van der Waals surface area contributed by atoms with Crippen molar-refractivity contribution in [1.29, 1.82) is 0 Å². The minimum atomic E-state index is -0.576. The Kier molecular flexibility index (Phi) is 8.52. The molecule has 1 aromatic heterocycles. The predicted octanol–water partition coefficient (Wildman–Crippen LogP) is 4.31. The number of carbonyl (C=O) groups is 3. The molecule has 0 saturated heterocycles. The van der Waals surface area contributed by atoms with Gasteiger partial charge in [0.1, 0.15) is 5.00 Å². The smallest absolute Gasteiger partial charge is 0.341 e. The number of hydrogen-bond donors (Lipinski definition) is 2. The van der Waals surface area contributed by atoms with Gasteiger partial charge in [-0.1, -0.05) is 0 Å². The summed E-state index contributed by atoms with van der Waals surface area (Å²) >= 11 is 6.74. The van der Waals surface area contributed by atoms with E-state index in [0.29, 0.717) is 16.3 Å². The highest BCUT2D eigenvalue weighted by Gasteiger charge is 2.21. The average molecular weight is 465 g/mol. The summed E-state index contributed by atoms with van der Waals surface area (Å²) in [5, 5.41) is 6.63. The Labute approximate surface area is 189 Å². The third-order valence-corrected chi connectivity index (χ3v) is 5.54. The van der Waals surface area contributed by atoms with Gasteiger partial charge in [-0.3, -0.25) is 0 Å². The second kappa shape index (κ2) is 10.9. The molecular weight excluding hydrogens is 440 g/mol. The summed E-state index contributed by atoms with van der Waals surface area (Å²) in [4.78, 5) is 37.5. The first-order valence-electron chi connectivity index (χ1n) is 9.47. The zero-order valence-electron chi connectivity index (χ0n) is 17.9. The lowest BCUT2D eigenvalue weighted by Crippen LogP contribution is -2.21. The molecule has 10 heteroatoms. The maximum absolute atomic E-state index is 12.2. The van der Waals surface area contributed by atoms with E-state index in [4.69, 9.17) is 26.4 Å². The van der Waals surface area contributed by atoms with E-state index >= 15 is 0 Å². The van der Waals surface area contributed by atoms with Gasteiger partial charge in [0, 0.05) is 10.6 Å². The molecule has 8 nitrogen and oxygen atoms in total. The van der Waals surface area contributed by atoms with E-state index in [9.17, 15) is 14.4 Å². The fourth-order valence-electron chi connectivity index (χ4n) is 2.69. The first-order valence-corrected chi connectivity index (χ1v) is 10.7. The summed E-state index contributed by atoms with van der Waals surface area (Å²) in [5.41, 5.74) is 1.94. The second-order valence-corrected chi connectivity index (χ2v) is 7.93. The van der Waals surface area contributed by atoms with Gasteiger partial charge < -0.3 is 24.8 Å². The Morgan fingerprint density at radius 3 is 1.97 bits per heavy atom. The van der Waals surface area contributed by atoms with Crippen molar-refractivity contribution < 1.29 is 28.6 Å². The summed E-state index contributed by atoms with van der Waals surface area (Å²) in [5.74, 6) is -1.62. The van der Waals surface area contributed by atoms with E-state index < -0.39 is 17.9 Å². The number of aryl methyl sites for hydroxylation is 1. The number of rotatable bonds is 7. The highest BCUT2D eigenvalue weighted by atomic mass is 32.1. The Balaban J connectivity index is 2.32. The molecule has 0 spiro atoms. The minimum Gasteiger partial charge on any atom is -0.465 e. The van der Waals surface area contributed by atoms with Gasteiger partial charge in [0.25, 0.3) is 0 Å². The SMILES string of the molecule is CCOC(=O)c1cc(NC(=S)Nc2sc(C)c(C)c2C(=O)OC)cc(C(=O)OCC)c1. The van der Waals surface area contributed by atoms with Crippen LogP contribution in [0.25, 0.3) is 0 Å². The van der Waals surface area contributed by atoms with Gasteiger partial charge in [0.15, 0.2) is 5.11 Å². The molecule has 0 saturated carbocycles. The molecule has 1 heterocycles. The van der Waals surface area contributed by atoms with Gasteiger partial charge in [0.05, 0.1) is 37.0 Å². The molecule has 1 aromatic carbocycles. The summed E-state index contributed by atoms with van der Waals surface area (Å²) < 4.78 is 14.9. The Morgan fingerprint density at radius 2 is 1.48 bits per heavy atom. The third kappa shape index (κ3) is 6.02. The average Bonchev–Trinajstić information content (AvgIpc) is 3.00. The minimum absolute atomic E-state index is 0.169. The van der Waals surface area contributed by atoms with Gasteiger partial charge in [-0.15, -0.1) is 11.3 Å². The maximum atomic E-state index is 12.2. The van der Waals surface area contributed by atoms with Crippen LogP contribution >= 0.6 is 23.6 Å². The maximum Gasteiger partial charge on any atom is 0.341 e. The Bertz CT molecular complexity index is 979. The predicted molar refractivity (Wildman–Crippen MR) is 123 cm³/mol. The van der Waals surface area contributed by atoms with E-state index in [0.717, 1.165) is 10.4 Å². The molecule has 2 rings (SSSR count). The number of anilines is 2. The lowest BCUT2D eigenvalue weighted by molar-refractivity contribution is 0.0523. The van der Waals surface area contributed by atoms with Gasteiger partial charge in [0.2, 0.25) is 0 Å². The largest absolute Gasteiger partial charge is 0.465 e. The molecule has 0 atom stereocenters. The highest BCUT2D eigenvalue weighted by molar-refractivity contribution is 7.80. The van der Waals surface area contributed by atoms with Crippen molar-refractivity contribution in [3.63, 3.8) is 0 Å². The summed E-state index contributed by atoms with van der Waals surface area (Å²) in [6.07, 6.45) is 0. The van der Waals surface area contributed by atoms with Gasteiger partial charge in [-0.2, -0.15) is 0 Å². The molecule has 0 aliphatic rings. The number of ether oxygens (including phenoxy) is 3. The molecule has 0 aliphatic heterocycles. The van der Waals surface area contributed by atoms with Crippen LogP contribution in [0.2, 0.25) is 0 Å². The van der Waals surface area contributed by atoms with Crippen molar-refractivity contribution in [1.82, 2.24) is 0 Å². The topological polar surface area (TPSA) is 103 Å². The molecule has 0 aliphatic carbocycles. The number of carbonyl (C=O) groups excluding carboxylic acids is 3. The van der Waals surface area contributed by atoms with Crippen molar-refractivity contribution in [2.75, 3.05) is 31.0 Å². The normalized spacial score (nSPS) is 10.2. The number of methoxy groups -OCH3 is 1. The van der Waals surface area contributed by atoms with Crippen molar-refractivity contribution in [3.8, 4) is 0 Å². The number of esters is 3. The molecule has 2 N–H and O–H groups in total. The second-order valence-electron chi connectivity index (χ2n) is 6.30. The van der Waals surface area contributed by atoms with Crippen LogP contribution < -0.4 is 10.6 Å². The molecule has 0 unspecified atom stereocenters. The van der Waals surface area contributed by atoms with Crippen LogP contribution in [0.5, 0.6) is 0 Å². The van der Waals surface area contributed by atoms with Crippen molar-refractivity contribution >= 4 is 57.3 Å². The van der Waals surface area contributed by atoms with Gasteiger partial charge in [-0.05, 0) is 63.7 Å². The fraction of sp³-hybridized carbons (Fsp3) is 0.333. The van der Waals surface area contributed by atoms with E-state index in [2.05, 4.69) is 10.6 Å². The molecule has 2 aromatic rings. The first kappa shape index (κ1) is 24.3. The van der Waals surface area contributed by atoms with E-state index in [1.165, 1.54) is 36.6 Å². The van der Waals surface area contributed by atoms with Crippen LogP contribution in [0.1, 0.15) is 55.4 Å². The molecule has 0 fully saturated rings. The number of nitrogens with one attached hydrogen (secondary N) is 2. The molecule has 0 bridgehead atoms. The van der Waals surface area contributed by atoms with Crippen LogP contribution in [0, 0.1) is 13.8 Å². The summed E-state index contributed by atoms with van der Waals surface area (Å²) in [6.45, 7) is 7.48. The lowest BCUT2D eigenvalue weighted by atomic mass is 10.1. The van der Waals surface area contributed by atoms with Crippen LogP contribution in [0.4, 0.5) is 10.7 Å². The zero-order valence-corrected chi connectivity index (χ0v) is 19.5. The number of hydrogen-bond acceptors (Lipinski definition) is 8. The van der Waals surface area contributed by atoms with Gasteiger partial charge >= 0.3 is 17.9 Å². The monoisotopic (exact) mass is 464 g/mol. The highest BCUT2D eigenvalue weighted by Crippen LogP contribution is 2.33. The lowest BCUT2D eigenvalue weighted by Gasteiger charge is -2.13. The summed E-state index contributed by atoms with van der Waals surface area (Å²) in [7, 11) is 1.31. The molecule has 31 heavy (non-hydrogen) atoms.